The lowest BCUT2D eigenvalue weighted by molar-refractivity contribution is 0.0725. The van der Waals surface area contributed by atoms with Gasteiger partial charge in [-0.2, -0.15) is 0 Å². The van der Waals surface area contributed by atoms with E-state index < -0.39 is 0 Å². The number of aromatic nitrogens is 1. The maximum Gasteiger partial charge on any atom is 0.257 e. The Morgan fingerprint density at radius 3 is 2.83 bits per heavy atom. The number of anilines is 1. The third-order valence-corrected chi connectivity index (χ3v) is 3.51. The zero-order chi connectivity index (χ0) is 13.0. The lowest BCUT2D eigenvalue weighted by Crippen LogP contribution is -2.36. The standard InChI is InChI=1S/C13H18BrN3O/c1-2-15-12-11(8-10(14)9-16-12)13(18)17-6-4-3-5-7-17/h8-9H,2-7H2,1H3,(H,15,16). The lowest BCUT2D eigenvalue weighted by Gasteiger charge is -2.27. The highest BCUT2D eigenvalue weighted by Gasteiger charge is 2.21. The zero-order valence-corrected chi connectivity index (χ0v) is 12.2. The van der Waals surface area contributed by atoms with E-state index in [4.69, 9.17) is 0 Å². The van der Waals surface area contributed by atoms with Gasteiger partial charge in [-0.1, -0.05) is 0 Å². The number of piperidine rings is 1. The molecular weight excluding hydrogens is 294 g/mol. The molecule has 0 spiro atoms. The topological polar surface area (TPSA) is 45.2 Å². The Morgan fingerprint density at radius 2 is 2.17 bits per heavy atom. The number of amides is 1. The smallest absolute Gasteiger partial charge is 0.257 e. The number of hydrogen-bond acceptors (Lipinski definition) is 3. The average molecular weight is 312 g/mol. The molecule has 4 nitrogen and oxygen atoms in total. The molecule has 0 saturated carbocycles. The Labute approximate surface area is 116 Å². The van der Waals surface area contributed by atoms with Crippen LogP contribution in [0, 0.1) is 0 Å². The number of rotatable bonds is 3. The fraction of sp³-hybridized carbons (Fsp3) is 0.538. The van der Waals surface area contributed by atoms with Crippen LogP contribution in [0.3, 0.4) is 0 Å². The molecule has 0 bridgehead atoms. The van der Waals surface area contributed by atoms with Crippen molar-refractivity contribution < 1.29 is 4.79 Å². The van der Waals surface area contributed by atoms with E-state index in [0.29, 0.717) is 11.4 Å². The van der Waals surface area contributed by atoms with E-state index in [1.54, 1.807) is 6.20 Å². The molecule has 18 heavy (non-hydrogen) atoms. The van der Waals surface area contributed by atoms with Gasteiger partial charge in [0.25, 0.3) is 5.91 Å². The molecule has 1 aromatic rings. The number of nitrogens with zero attached hydrogens (tertiary/aromatic N) is 2. The van der Waals surface area contributed by atoms with Crippen LogP contribution in [0.4, 0.5) is 5.82 Å². The van der Waals surface area contributed by atoms with Gasteiger partial charge in [-0.25, -0.2) is 4.98 Å². The third kappa shape index (κ3) is 3.02. The van der Waals surface area contributed by atoms with Crippen molar-refractivity contribution in [1.29, 1.82) is 0 Å². The van der Waals surface area contributed by atoms with Crippen LogP contribution in [-0.4, -0.2) is 35.4 Å². The molecule has 5 heteroatoms. The lowest BCUT2D eigenvalue weighted by atomic mass is 10.1. The molecule has 0 unspecified atom stereocenters. The first kappa shape index (κ1) is 13.3. The number of likely N-dealkylation sites (tertiary alicyclic amines) is 1. The Hall–Kier alpha value is -1.10. The second kappa shape index (κ2) is 6.18. The minimum absolute atomic E-state index is 0.0828. The van der Waals surface area contributed by atoms with E-state index in [2.05, 4.69) is 26.2 Å². The second-order valence-corrected chi connectivity index (χ2v) is 5.35. The number of halogens is 1. The number of carbonyl (C=O) groups is 1. The summed E-state index contributed by atoms with van der Waals surface area (Å²) in [4.78, 5) is 18.7. The van der Waals surface area contributed by atoms with E-state index in [0.717, 1.165) is 36.9 Å². The van der Waals surface area contributed by atoms with Crippen molar-refractivity contribution in [1.82, 2.24) is 9.88 Å². The van der Waals surface area contributed by atoms with Gasteiger partial charge in [0.2, 0.25) is 0 Å². The van der Waals surface area contributed by atoms with Crippen LogP contribution in [0.2, 0.25) is 0 Å². The van der Waals surface area contributed by atoms with Crippen molar-refractivity contribution >= 4 is 27.7 Å². The van der Waals surface area contributed by atoms with Gasteiger partial charge in [0.05, 0.1) is 5.56 Å². The molecule has 1 saturated heterocycles. The first-order chi connectivity index (χ1) is 8.72. The SMILES string of the molecule is CCNc1ncc(Br)cc1C(=O)N1CCCCC1. The van der Waals surface area contributed by atoms with Gasteiger partial charge in [-0.05, 0) is 48.2 Å². The number of nitrogens with one attached hydrogen (secondary N) is 1. The summed E-state index contributed by atoms with van der Waals surface area (Å²) in [5.41, 5.74) is 0.660. The maximum atomic E-state index is 12.5. The van der Waals surface area contributed by atoms with Gasteiger partial charge >= 0.3 is 0 Å². The molecule has 1 aliphatic rings. The van der Waals surface area contributed by atoms with E-state index in [-0.39, 0.29) is 5.91 Å². The molecule has 1 N–H and O–H groups in total. The maximum absolute atomic E-state index is 12.5. The molecule has 1 amide bonds. The second-order valence-electron chi connectivity index (χ2n) is 4.43. The van der Waals surface area contributed by atoms with Crippen LogP contribution in [0.1, 0.15) is 36.5 Å². The summed E-state index contributed by atoms with van der Waals surface area (Å²) in [5, 5.41) is 3.14. The predicted octanol–water partition coefficient (Wildman–Crippen LogP) is 2.90. The van der Waals surface area contributed by atoms with Crippen molar-refractivity contribution in [2.24, 2.45) is 0 Å². The van der Waals surface area contributed by atoms with Crippen molar-refractivity contribution in [2.45, 2.75) is 26.2 Å². The first-order valence-corrected chi connectivity index (χ1v) is 7.20. The minimum Gasteiger partial charge on any atom is -0.370 e. The summed E-state index contributed by atoms with van der Waals surface area (Å²) >= 11 is 3.38. The van der Waals surface area contributed by atoms with Gasteiger partial charge in [-0.3, -0.25) is 4.79 Å². The van der Waals surface area contributed by atoms with Gasteiger partial charge in [-0.15, -0.1) is 0 Å². The third-order valence-electron chi connectivity index (χ3n) is 3.07. The highest BCUT2D eigenvalue weighted by molar-refractivity contribution is 9.10. The predicted molar refractivity (Wildman–Crippen MR) is 75.9 cm³/mol. The van der Waals surface area contributed by atoms with Crippen LogP contribution >= 0.6 is 15.9 Å². The van der Waals surface area contributed by atoms with Crippen LogP contribution in [0.25, 0.3) is 0 Å². The fourth-order valence-electron chi connectivity index (χ4n) is 2.18. The zero-order valence-electron chi connectivity index (χ0n) is 10.6. The van der Waals surface area contributed by atoms with Gasteiger partial charge in [0.15, 0.2) is 0 Å². The number of hydrogen-bond donors (Lipinski definition) is 1. The Kier molecular flexibility index (Phi) is 4.58. The van der Waals surface area contributed by atoms with E-state index in [1.165, 1.54) is 6.42 Å². The normalized spacial score (nSPS) is 15.6. The molecule has 0 atom stereocenters. The molecule has 1 aliphatic heterocycles. The van der Waals surface area contributed by atoms with Crippen LogP contribution in [-0.2, 0) is 0 Å². The van der Waals surface area contributed by atoms with Crippen molar-refractivity contribution in [3.05, 3.63) is 22.3 Å². The van der Waals surface area contributed by atoms with Crippen molar-refractivity contribution in [3.8, 4) is 0 Å². The van der Waals surface area contributed by atoms with E-state index >= 15 is 0 Å². The molecule has 0 aromatic carbocycles. The Balaban J connectivity index is 2.24. The summed E-state index contributed by atoms with van der Waals surface area (Å²) in [7, 11) is 0. The molecule has 2 rings (SSSR count). The summed E-state index contributed by atoms with van der Waals surface area (Å²) in [5.74, 6) is 0.760. The molecule has 0 radical (unpaired) electrons. The average Bonchev–Trinajstić information content (AvgIpc) is 2.41. The molecule has 98 valence electrons. The van der Waals surface area contributed by atoms with Crippen LogP contribution in [0.5, 0.6) is 0 Å². The summed E-state index contributed by atoms with van der Waals surface area (Å²) in [6, 6.07) is 1.85. The van der Waals surface area contributed by atoms with Gasteiger partial charge in [0, 0.05) is 30.3 Å². The summed E-state index contributed by atoms with van der Waals surface area (Å²) in [6.07, 6.45) is 5.14. The molecule has 1 aromatic heterocycles. The molecule has 1 fully saturated rings. The van der Waals surface area contributed by atoms with Gasteiger partial charge < -0.3 is 10.2 Å². The quantitative estimate of drug-likeness (QED) is 0.933. The fourth-order valence-corrected chi connectivity index (χ4v) is 2.51. The minimum atomic E-state index is 0.0828. The Morgan fingerprint density at radius 1 is 1.44 bits per heavy atom. The van der Waals surface area contributed by atoms with Crippen LogP contribution in [0.15, 0.2) is 16.7 Å². The highest BCUT2D eigenvalue weighted by Crippen LogP contribution is 2.21. The summed E-state index contributed by atoms with van der Waals surface area (Å²) < 4.78 is 0.838. The number of carbonyl (C=O) groups excluding carboxylic acids is 1. The van der Waals surface area contributed by atoms with Crippen molar-refractivity contribution in [3.63, 3.8) is 0 Å². The Bertz CT molecular complexity index is 430. The largest absolute Gasteiger partial charge is 0.370 e. The van der Waals surface area contributed by atoms with Gasteiger partial charge in [0.1, 0.15) is 5.82 Å². The van der Waals surface area contributed by atoms with Crippen LogP contribution < -0.4 is 5.32 Å². The molecular formula is C13H18BrN3O. The molecule has 2 heterocycles. The summed E-state index contributed by atoms with van der Waals surface area (Å²) in [6.45, 7) is 4.47. The van der Waals surface area contributed by atoms with E-state index in [1.807, 2.05) is 17.9 Å². The monoisotopic (exact) mass is 311 g/mol. The van der Waals surface area contributed by atoms with Crippen molar-refractivity contribution in [2.75, 3.05) is 25.0 Å². The van der Waals surface area contributed by atoms with E-state index in [9.17, 15) is 4.79 Å². The number of pyridine rings is 1. The molecule has 0 aliphatic carbocycles. The first-order valence-electron chi connectivity index (χ1n) is 6.41. The highest BCUT2D eigenvalue weighted by atomic mass is 79.9.